The van der Waals surface area contributed by atoms with E-state index in [2.05, 4.69) is 20.6 Å². The van der Waals surface area contributed by atoms with E-state index < -0.39 is 11.2 Å². The highest BCUT2D eigenvalue weighted by Gasteiger charge is 2.23. The van der Waals surface area contributed by atoms with Crippen LogP contribution in [0, 0.1) is 5.92 Å². The quantitative estimate of drug-likeness (QED) is 0.717. The first kappa shape index (κ1) is 20.3. The summed E-state index contributed by atoms with van der Waals surface area (Å²) < 4.78 is 1.46. The van der Waals surface area contributed by atoms with Gasteiger partial charge in [0.2, 0.25) is 0 Å². The fourth-order valence-corrected chi connectivity index (χ4v) is 3.54. The predicted octanol–water partition coefficient (Wildman–Crippen LogP) is 1.35. The summed E-state index contributed by atoms with van der Waals surface area (Å²) in [6.07, 6.45) is 1.89. The SMILES string of the molecule is CC(C)Cn1c(=O)[nH]c(=O)c2c(C(=O)NC3CCCNC3)cc(C(C)C)nc21. The molecule has 0 saturated carbocycles. The van der Waals surface area contributed by atoms with Crippen LogP contribution in [0.25, 0.3) is 11.0 Å². The molecule has 2 aromatic rings. The van der Waals surface area contributed by atoms with E-state index in [1.54, 1.807) is 6.07 Å². The number of aromatic nitrogens is 3. The number of piperidine rings is 1. The molecule has 1 aliphatic rings. The number of nitrogens with zero attached hydrogens (tertiary/aromatic N) is 2. The number of rotatable bonds is 5. The predicted molar refractivity (Wildman–Crippen MR) is 109 cm³/mol. The maximum absolute atomic E-state index is 13.1. The van der Waals surface area contributed by atoms with Crippen LogP contribution in [0.4, 0.5) is 0 Å². The normalized spacial score (nSPS) is 17.4. The molecule has 1 atom stereocenters. The van der Waals surface area contributed by atoms with Gasteiger partial charge < -0.3 is 10.6 Å². The number of fused-ring (bicyclic) bond motifs is 1. The first-order valence-electron chi connectivity index (χ1n) is 9.97. The smallest absolute Gasteiger partial charge is 0.330 e. The number of aromatic amines is 1. The Morgan fingerprint density at radius 1 is 1.32 bits per heavy atom. The highest BCUT2D eigenvalue weighted by atomic mass is 16.2. The van der Waals surface area contributed by atoms with Gasteiger partial charge in [0, 0.05) is 24.8 Å². The lowest BCUT2D eigenvalue weighted by Crippen LogP contribution is -2.46. The second kappa shape index (κ2) is 8.26. The summed E-state index contributed by atoms with van der Waals surface area (Å²) in [4.78, 5) is 45.1. The van der Waals surface area contributed by atoms with Gasteiger partial charge in [0.05, 0.1) is 10.9 Å². The number of carbonyl (C=O) groups excluding carboxylic acids is 1. The lowest BCUT2D eigenvalue weighted by Gasteiger charge is -2.24. The minimum Gasteiger partial charge on any atom is -0.348 e. The molecule has 1 unspecified atom stereocenters. The molecule has 28 heavy (non-hydrogen) atoms. The molecule has 0 aromatic carbocycles. The van der Waals surface area contributed by atoms with E-state index in [-0.39, 0.29) is 40.4 Å². The van der Waals surface area contributed by atoms with E-state index in [9.17, 15) is 14.4 Å². The summed E-state index contributed by atoms with van der Waals surface area (Å²) in [5.41, 5.74) is 0.165. The lowest BCUT2D eigenvalue weighted by molar-refractivity contribution is 0.0932. The van der Waals surface area contributed by atoms with Crippen LogP contribution in [-0.2, 0) is 6.54 Å². The summed E-state index contributed by atoms with van der Waals surface area (Å²) in [6.45, 7) is 9.98. The summed E-state index contributed by atoms with van der Waals surface area (Å²) in [6, 6.07) is 1.70. The molecule has 1 fully saturated rings. The first-order chi connectivity index (χ1) is 13.3. The summed E-state index contributed by atoms with van der Waals surface area (Å²) in [7, 11) is 0. The van der Waals surface area contributed by atoms with Crippen molar-refractivity contribution in [3.63, 3.8) is 0 Å². The van der Waals surface area contributed by atoms with Gasteiger partial charge in [0.25, 0.3) is 11.5 Å². The van der Waals surface area contributed by atoms with Crippen molar-refractivity contribution >= 4 is 16.9 Å². The average Bonchev–Trinajstić information content (AvgIpc) is 2.64. The van der Waals surface area contributed by atoms with Crippen molar-refractivity contribution in [2.24, 2.45) is 5.92 Å². The molecule has 1 aliphatic heterocycles. The molecule has 152 valence electrons. The van der Waals surface area contributed by atoms with Crippen LogP contribution in [0.3, 0.4) is 0 Å². The summed E-state index contributed by atoms with van der Waals surface area (Å²) in [5, 5.41) is 6.47. The van der Waals surface area contributed by atoms with E-state index in [1.807, 2.05) is 27.7 Å². The monoisotopic (exact) mass is 387 g/mol. The first-order valence-corrected chi connectivity index (χ1v) is 9.97. The van der Waals surface area contributed by atoms with Crippen LogP contribution >= 0.6 is 0 Å². The second-order valence-electron chi connectivity index (χ2n) is 8.23. The standard InChI is InChI=1S/C20H29N5O3/c1-11(2)10-25-17-16(19(27)24-20(25)28)14(8-15(23-17)12(3)4)18(26)22-13-6-5-7-21-9-13/h8,11-13,21H,5-7,9-10H2,1-4H3,(H,22,26)(H,24,27,28). The van der Waals surface area contributed by atoms with E-state index in [0.717, 1.165) is 19.4 Å². The molecule has 0 radical (unpaired) electrons. The van der Waals surface area contributed by atoms with Crippen molar-refractivity contribution in [3.05, 3.63) is 38.2 Å². The topological polar surface area (TPSA) is 109 Å². The van der Waals surface area contributed by atoms with Crippen LogP contribution in [0.2, 0.25) is 0 Å². The maximum Gasteiger partial charge on any atom is 0.330 e. The minimum absolute atomic E-state index is 0.0209. The van der Waals surface area contributed by atoms with Crippen molar-refractivity contribution in [2.75, 3.05) is 13.1 Å². The van der Waals surface area contributed by atoms with Gasteiger partial charge >= 0.3 is 5.69 Å². The highest BCUT2D eigenvalue weighted by molar-refractivity contribution is 6.05. The number of carbonyl (C=O) groups is 1. The van der Waals surface area contributed by atoms with Crippen molar-refractivity contribution in [1.29, 1.82) is 0 Å². The molecule has 1 amide bonds. The third-order valence-electron chi connectivity index (χ3n) is 4.98. The van der Waals surface area contributed by atoms with Crippen LogP contribution in [0.1, 0.15) is 62.5 Å². The summed E-state index contributed by atoms with van der Waals surface area (Å²) in [5.74, 6) is -0.0701. The van der Waals surface area contributed by atoms with Gasteiger partial charge in [-0.25, -0.2) is 9.78 Å². The Kier molecular flexibility index (Phi) is 5.98. The van der Waals surface area contributed by atoms with Crippen LogP contribution < -0.4 is 21.9 Å². The van der Waals surface area contributed by atoms with Gasteiger partial charge in [-0.15, -0.1) is 0 Å². The van der Waals surface area contributed by atoms with Crippen molar-refractivity contribution in [1.82, 2.24) is 25.2 Å². The molecule has 3 rings (SSSR count). The zero-order valence-corrected chi connectivity index (χ0v) is 17.0. The largest absolute Gasteiger partial charge is 0.348 e. The van der Waals surface area contributed by atoms with Gasteiger partial charge in [0.1, 0.15) is 0 Å². The Morgan fingerprint density at radius 3 is 2.68 bits per heavy atom. The van der Waals surface area contributed by atoms with Gasteiger partial charge in [-0.3, -0.25) is 19.1 Å². The number of hydrogen-bond acceptors (Lipinski definition) is 5. The molecule has 1 saturated heterocycles. The number of nitrogens with one attached hydrogen (secondary N) is 3. The second-order valence-corrected chi connectivity index (χ2v) is 8.23. The Morgan fingerprint density at radius 2 is 2.07 bits per heavy atom. The lowest BCUT2D eigenvalue weighted by atomic mass is 10.0. The molecule has 0 bridgehead atoms. The third kappa shape index (κ3) is 4.16. The molecule has 3 N–H and O–H groups in total. The van der Waals surface area contributed by atoms with E-state index in [4.69, 9.17) is 0 Å². The van der Waals surface area contributed by atoms with Gasteiger partial charge in [-0.2, -0.15) is 0 Å². The molecular weight excluding hydrogens is 358 g/mol. The van der Waals surface area contributed by atoms with Crippen molar-refractivity contribution < 1.29 is 4.79 Å². The van der Waals surface area contributed by atoms with Crippen LogP contribution in [0.15, 0.2) is 15.7 Å². The number of H-pyrrole nitrogens is 1. The fraction of sp³-hybridized carbons (Fsp3) is 0.600. The molecular formula is C20H29N5O3. The summed E-state index contributed by atoms with van der Waals surface area (Å²) >= 11 is 0. The van der Waals surface area contributed by atoms with Crippen molar-refractivity contribution in [2.45, 2.75) is 59.0 Å². The third-order valence-corrected chi connectivity index (χ3v) is 4.98. The molecule has 0 spiro atoms. The number of hydrogen-bond donors (Lipinski definition) is 3. The number of amides is 1. The van der Waals surface area contributed by atoms with E-state index in [1.165, 1.54) is 4.57 Å². The molecule has 3 heterocycles. The van der Waals surface area contributed by atoms with E-state index in [0.29, 0.717) is 18.8 Å². The van der Waals surface area contributed by atoms with Gasteiger partial charge in [-0.05, 0) is 37.3 Å². The Balaban J connectivity index is 2.18. The molecule has 0 aliphatic carbocycles. The average molecular weight is 387 g/mol. The Bertz CT molecular complexity index is 984. The van der Waals surface area contributed by atoms with Gasteiger partial charge in [0.15, 0.2) is 5.65 Å². The Labute approximate surface area is 163 Å². The Hall–Kier alpha value is -2.48. The highest BCUT2D eigenvalue weighted by Crippen LogP contribution is 2.20. The van der Waals surface area contributed by atoms with Crippen LogP contribution in [0.5, 0.6) is 0 Å². The number of pyridine rings is 1. The maximum atomic E-state index is 13.1. The zero-order valence-electron chi connectivity index (χ0n) is 17.0. The fourth-order valence-electron chi connectivity index (χ4n) is 3.54. The minimum atomic E-state index is -0.574. The van der Waals surface area contributed by atoms with Gasteiger partial charge in [-0.1, -0.05) is 27.7 Å². The zero-order chi connectivity index (χ0) is 20.4. The molecule has 8 heteroatoms. The van der Waals surface area contributed by atoms with E-state index >= 15 is 0 Å². The van der Waals surface area contributed by atoms with Crippen LogP contribution in [-0.4, -0.2) is 39.6 Å². The van der Waals surface area contributed by atoms with Crippen molar-refractivity contribution in [3.8, 4) is 0 Å². The molecule has 2 aromatic heterocycles. The molecule has 8 nitrogen and oxygen atoms in total.